The van der Waals surface area contributed by atoms with Crippen molar-refractivity contribution in [3.05, 3.63) is 59.2 Å². The van der Waals surface area contributed by atoms with Crippen LogP contribution in [0.2, 0.25) is 0 Å². The van der Waals surface area contributed by atoms with Crippen LogP contribution in [0.15, 0.2) is 42.5 Å². The lowest BCUT2D eigenvalue weighted by Crippen LogP contribution is -2.33. The van der Waals surface area contributed by atoms with Crippen LogP contribution >= 0.6 is 0 Å². The van der Waals surface area contributed by atoms with Crippen molar-refractivity contribution in [1.82, 2.24) is 4.90 Å². The molecule has 0 radical (unpaired) electrons. The molecule has 1 N–H and O–H groups in total. The summed E-state index contributed by atoms with van der Waals surface area (Å²) in [7, 11) is 1.64. The molecule has 2 amide bonds. The van der Waals surface area contributed by atoms with E-state index in [1.807, 2.05) is 56.3 Å². The maximum Gasteiger partial charge on any atom is 0.226 e. The Hall–Kier alpha value is -2.82. The van der Waals surface area contributed by atoms with Crippen molar-refractivity contribution in [2.45, 2.75) is 33.6 Å². The number of anilines is 1. The minimum Gasteiger partial charge on any atom is -0.496 e. The number of hydrogen-bond donors (Lipinski definition) is 1. The van der Waals surface area contributed by atoms with Crippen molar-refractivity contribution >= 4 is 17.5 Å². The molecule has 5 heteroatoms. The zero-order chi connectivity index (χ0) is 19.8. The van der Waals surface area contributed by atoms with E-state index in [2.05, 4.69) is 5.32 Å². The maximum atomic E-state index is 12.3. The molecule has 27 heavy (non-hydrogen) atoms. The highest BCUT2D eigenvalue weighted by atomic mass is 16.5. The van der Waals surface area contributed by atoms with Crippen LogP contribution in [-0.2, 0) is 16.0 Å². The quantitative estimate of drug-likeness (QED) is 0.772. The van der Waals surface area contributed by atoms with E-state index in [9.17, 15) is 9.59 Å². The van der Waals surface area contributed by atoms with Crippen molar-refractivity contribution in [3.63, 3.8) is 0 Å². The number of rotatable bonds is 8. The number of carbonyl (C=O) groups is 2. The average molecular weight is 368 g/mol. The largest absolute Gasteiger partial charge is 0.496 e. The second-order valence-corrected chi connectivity index (χ2v) is 6.68. The molecule has 0 spiro atoms. The molecule has 0 aliphatic carbocycles. The first-order chi connectivity index (χ1) is 12.9. The Morgan fingerprint density at radius 1 is 1.07 bits per heavy atom. The number of methoxy groups -OCH3 is 1. The molecule has 2 aromatic carbocycles. The van der Waals surface area contributed by atoms with Crippen LogP contribution in [0.5, 0.6) is 5.75 Å². The Balaban J connectivity index is 1.91. The van der Waals surface area contributed by atoms with E-state index in [1.54, 1.807) is 12.0 Å². The zero-order valence-corrected chi connectivity index (χ0v) is 16.5. The highest BCUT2D eigenvalue weighted by Crippen LogP contribution is 2.19. The van der Waals surface area contributed by atoms with Gasteiger partial charge in [0.2, 0.25) is 11.8 Å². The number of carbonyl (C=O) groups excluding carboxylic acids is 2. The SMILES string of the molecule is COc1ccccc1CCN(CCC(=O)Nc1cc(C)ccc1C)C(C)=O. The average Bonchev–Trinajstić information content (AvgIpc) is 2.64. The van der Waals surface area contributed by atoms with Gasteiger partial charge < -0.3 is 15.0 Å². The summed E-state index contributed by atoms with van der Waals surface area (Å²) in [4.78, 5) is 26.0. The first-order valence-corrected chi connectivity index (χ1v) is 9.15. The standard InChI is InChI=1S/C22H28N2O3/c1-16-9-10-17(2)20(15-16)23-22(26)12-14-24(18(3)25)13-11-19-7-5-6-8-21(19)27-4/h5-10,15H,11-14H2,1-4H3,(H,23,26). The van der Waals surface area contributed by atoms with Crippen LogP contribution in [0, 0.1) is 13.8 Å². The molecule has 2 aromatic rings. The van der Waals surface area contributed by atoms with Crippen LogP contribution in [-0.4, -0.2) is 36.9 Å². The lowest BCUT2D eigenvalue weighted by Gasteiger charge is -2.21. The van der Waals surface area contributed by atoms with Gasteiger partial charge in [-0.2, -0.15) is 0 Å². The number of amides is 2. The highest BCUT2D eigenvalue weighted by Gasteiger charge is 2.13. The van der Waals surface area contributed by atoms with Gasteiger partial charge in [-0.15, -0.1) is 0 Å². The molecule has 0 bridgehead atoms. The van der Waals surface area contributed by atoms with Gasteiger partial charge in [-0.25, -0.2) is 0 Å². The summed E-state index contributed by atoms with van der Waals surface area (Å²) in [5, 5.41) is 2.94. The Labute approximate surface area is 161 Å². The fourth-order valence-electron chi connectivity index (χ4n) is 2.91. The molecule has 0 atom stereocenters. The van der Waals surface area contributed by atoms with Gasteiger partial charge >= 0.3 is 0 Å². The molecule has 0 fully saturated rings. The molecule has 0 aliphatic heterocycles. The fraction of sp³-hybridized carbons (Fsp3) is 0.364. The van der Waals surface area contributed by atoms with Crippen LogP contribution in [0.25, 0.3) is 0 Å². The molecule has 0 unspecified atom stereocenters. The highest BCUT2D eigenvalue weighted by molar-refractivity contribution is 5.92. The van der Waals surface area contributed by atoms with Gasteiger partial charge in [0.15, 0.2) is 0 Å². The molecule has 0 saturated heterocycles. The topological polar surface area (TPSA) is 58.6 Å². The number of benzene rings is 2. The lowest BCUT2D eigenvalue weighted by molar-refractivity contribution is -0.129. The maximum absolute atomic E-state index is 12.3. The van der Waals surface area contributed by atoms with E-state index in [-0.39, 0.29) is 18.2 Å². The van der Waals surface area contributed by atoms with Crippen LogP contribution in [0.4, 0.5) is 5.69 Å². The van der Waals surface area contributed by atoms with Gasteiger partial charge in [-0.05, 0) is 49.1 Å². The predicted octanol–water partition coefficient (Wildman–Crippen LogP) is 3.73. The van der Waals surface area contributed by atoms with Crippen molar-refractivity contribution in [2.75, 3.05) is 25.5 Å². The van der Waals surface area contributed by atoms with Crippen molar-refractivity contribution in [1.29, 1.82) is 0 Å². The number of para-hydroxylation sites is 1. The van der Waals surface area contributed by atoms with Crippen LogP contribution in [0.3, 0.4) is 0 Å². The van der Waals surface area contributed by atoms with E-state index in [1.165, 1.54) is 6.92 Å². The molecule has 0 heterocycles. The summed E-state index contributed by atoms with van der Waals surface area (Å²) < 4.78 is 5.36. The molecular weight excluding hydrogens is 340 g/mol. The van der Waals surface area contributed by atoms with E-state index in [0.29, 0.717) is 19.5 Å². The van der Waals surface area contributed by atoms with E-state index in [4.69, 9.17) is 4.74 Å². The number of nitrogens with zero attached hydrogens (tertiary/aromatic N) is 1. The van der Waals surface area contributed by atoms with Crippen molar-refractivity contribution < 1.29 is 14.3 Å². The summed E-state index contributed by atoms with van der Waals surface area (Å²) in [5.74, 6) is 0.686. The minimum absolute atomic E-state index is 0.0376. The molecular formula is C22H28N2O3. The summed E-state index contributed by atoms with van der Waals surface area (Å²) in [5.41, 5.74) is 3.99. The third-order valence-corrected chi connectivity index (χ3v) is 4.56. The number of aryl methyl sites for hydroxylation is 2. The molecule has 0 aliphatic rings. The summed E-state index contributed by atoms with van der Waals surface area (Å²) in [6, 6.07) is 13.7. The molecule has 0 aromatic heterocycles. The van der Waals surface area contributed by atoms with E-state index >= 15 is 0 Å². The Bertz CT molecular complexity index is 802. The predicted molar refractivity (Wildman–Crippen MR) is 108 cm³/mol. The van der Waals surface area contributed by atoms with Gasteiger partial charge in [0, 0.05) is 32.1 Å². The second kappa shape index (κ2) is 9.76. The molecule has 2 rings (SSSR count). The second-order valence-electron chi connectivity index (χ2n) is 6.68. The number of hydrogen-bond acceptors (Lipinski definition) is 3. The van der Waals surface area contributed by atoms with Crippen LogP contribution < -0.4 is 10.1 Å². The third kappa shape index (κ3) is 6.13. The van der Waals surface area contributed by atoms with Gasteiger partial charge in [0.1, 0.15) is 5.75 Å². The number of ether oxygens (including phenoxy) is 1. The minimum atomic E-state index is -0.0905. The van der Waals surface area contributed by atoms with Gasteiger partial charge in [0.05, 0.1) is 7.11 Å². The molecule has 0 saturated carbocycles. The normalized spacial score (nSPS) is 10.4. The Kier molecular flexibility index (Phi) is 7.41. The summed E-state index contributed by atoms with van der Waals surface area (Å²) in [6.07, 6.45) is 0.946. The van der Waals surface area contributed by atoms with Gasteiger partial charge in [0.25, 0.3) is 0 Å². The molecule has 5 nitrogen and oxygen atoms in total. The zero-order valence-electron chi connectivity index (χ0n) is 16.5. The smallest absolute Gasteiger partial charge is 0.226 e. The van der Waals surface area contributed by atoms with E-state index < -0.39 is 0 Å². The van der Waals surface area contributed by atoms with Crippen molar-refractivity contribution in [3.8, 4) is 5.75 Å². The van der Waals surface area contributed by atoms with Gasteiger partial charge in [-0.3, -0.25) is 9.59 Å². The lowest BCUT2D eigenvalue weighted by atomic mass is 10.1. The van der Waals surface area contributed by atoms with E-state index in [0.717, 1.165) is 28.1 Å². The molecule has 144 valence electrons. The summed E-state index contributed by atoms with van der Waals surface area (Å²) >= 11 is 0. The van der Waals surface area contributed by atoms with Crippen LogP contribution in [0.1, 0.15) is 30.0 Å². The fourth-order valence-corrected chi connectivity index (χ4v) is 2.91. The first kappa shape index (κ1) is 20.5. The first-order valence-electron chi connectivity index (χ1n) is 9.15. The van der Waals surface area contributed by atoms with Crippen molar-refractivity contribution in [2.24, 2.45) is 0 Å². The monoisotopic (exact) mass is 368 g/mol. The van der Waals surface area contributed by atoms with Gasteiger partial charge in [-0.1, -0.05) is 30.3 Å². The third-order valence-electron chi connectivity index (χ3n) is 4.56. The Morgan fingerprint density at radius 2 is 1.81 bits per heavy atom. The summed E-state index contributed by atoms with van der Waals surface area (Å²) in [6.45, 7) is 6.42. The number of nitrogens with one attached hydrogen (secondary N) is 1. The Morgan fingerprint density at radius 3 is 2.52 bits per heavy atom.